The third-order valence-electron chi connectivity index (χ3n) is 4.34. The van der Waals surface area contributed by atoms with Crippen LogP contribution in [0.3, 0.4) is 0 Å². The average molecular weight is 227 g/mol. The van der Waals surface area contributed by atoms with Crippen molar-refractivity contribution in [3.05, 3.63) is 11.8 Å². The Kier molecular flexibility index (Phi) is 4.56. The van der Waals surface area contributed by atoms with Crippen LogP contribution in [-0.2, 0) is 0 Å². The maximum Gasteiger partial charge on any atom is 0.0805 e. The van der Waals surface area contributed by atoms with Crippen LogP contribution in [0.1, 0.15) is 20.8 Å². The summed E-state index contributed by atoms with van der Waals surface area (Å²) in [4.78, 5) is 0. The Bertz CT molecular complexity index is 217. The molecular weight excluding hydrogens is 202 g/mol. The van der Waals surface area contributed by atoms with Gasteiger partial charge in [0.1, 0.15) is 0 Å². The van der Waals surface area contributed by atoms with Gasteiger partial charge in [-0.15, -0.1) is 6.58 Å². The zero-order valence-corrected chi connectivity index (χ0v) is 11.3. The van der Waals surface area contributed by atoms with Gasteiger partial charge in [0.05, 0.1) is 14.2 Å². The van der Waals surface area contributed by atoms with Crippen molar-refractivity contribution in [1.82, 2.24) is 5.32 Å². The van der Waals surface area contributed by atoms with E-state index >= 15 is 0 Å². The van der Waals surface area contributed by atoms with Gasteiger partial charge in [-0.25, -0.2) is 0 Å². The standard InChI is InChI=1S/C12H25NOSi/c1-5-15(6-2,7-3)10(4)11-8-13-9-12(11)14/h11-14H,4-9H2,1-3H3/t11-,12-/m0/s1. The van der Waals surface area contributed by atoms with Gasteiger partial charge in [-0.1, -0.05) is 44.1 Å². The first kappa shape index (κ1) is 12.9. The molecule has 2 nitrogen and oxygen atoms in total. The Labute approximate surface area is 94.8 Å². The Morgan fingerprint density at radius 1 is 1.27 bits per heavy atom. The van der Waals surface area contributed by atoms with Crippen molar-refractivity contribution in [2.45, 2.75) is 45.0 Å². The van der Waals surface area contributed by atoms with Crippen molar-refractivity contribution >= 4 is 8.07 Å². The van der Waals surface area contributed by atoms with Gasteiger partial charge >= 0.3 is 0 Å². The summed E-state index contributed by atoms with van der Waals surface area (Å²) in [5, 5.41) is 14.6. The van der Waals surface area contributed by atoms with E-state index in [4.69, 9.17) is 0 Å². The molecule has 0 aromatic carbocycles. The molecule has 0 aliphatic carbocycles. The summed E-state index contributed by atoms with van der Waals surface area (Å²) < 4.78 is 0. The molecule has 1 rings (SSSR count). The van der Waals surface area contributed by atoms with Crippen molar-refractivity contribution in [3.63, 3.8) is 0 Å². The van der Waals surface area contributed by atoms with Gasteiger partial charge in [0.2, 0.25) is 0 Å². The first-order valence-corrected chi connectivity index (χ1v) is 8.81. The van der Waals surface area contributed by atoms with E-state index in [1.54, 1.807) is 0 Å². The summed E-state index contributed by atoms with van der Waals surface area (Å²) in [7, 11) is -1.32. The van der Waals surface area contributed by atoms with Gasteiger partial charge in [-0.2, -0.15) is 0 Å². The fourth-order valence-electron chi connectivity index (χ4n) is 2.84. The monoisotopic (exact) mass is 227 g/mol. The van der Waals surface area contributed by atoms with E-state index in [-0.39, 0.29) is 6.10 Å². The number of hydrogen-bond acceptors (Lipinski definition) is 2. The summed E-state index contributed by atoms with van der Waals surface area (Å²) in [5.74, 6) is 0.316. The van der Waals surface area contributed by atoms with Crippen molar-refractivity contribution in [2.24, 2.45) is 5.92 Å². The van der Waals surface area contributed by atoms with Crippen LogP contribution in [0.25, 0.3) is 0 Å². The molecule has 1 aliphatic heterocycles. The fourth-order valence-corrected chi connectivity index (χ4v) is 6.79. The zero-order valence-electron chi connectivity index (χ0n) is 10.3. The van der Waals surface area contributed by atoms with E-state index in [1.165, 1.54) is 23.3 Å². The largest absolute Gasteiger partial charge is 0.391 e. The molecule has 0 saturated carbocycles. The van der Waals surface area contributed by atoms with Gasteiger partial charge in [0, 0.05) is 19.0 Å². The van der Waals surface area contributed by atoms with Crippen LogP contribution in [0.5, 0.6) is 0 Å². The molecule has 1 saturated heterocycles. The van der Waals surface area contributed by atoms with Gasteiger partial charge in [0.25, 0.3) is 0 Å². The van der Waals surface area contributed by atoms with Crippen molar-refractivity contribution in [3.8, 4) is 0 Å². The molecule has 15 heavy (non-hydrogen) atoms. The van der Waals surface area contributed by atoms with Gasteiger partial charge < -0.3 is 10.4 Å². The molecule has 0 aromatic heterocycles. The van der Waals surface area contributed by atoms with E-state index in [0.29, 0.717) is 5.92 Å². The quantitative estimate of drug-likeness (QED) is 0.706. The van der Waals surface area contributed by atoms with E-state index in [0.717, 1.165) is 13.1 Å². The Morgan fingerprint density at radius 3 is 2.13 bits per heavy atom. The fraction of sp³-hybridized carbons (Fsp3) is 0.833. The summed E-state index contributed by atoms with van der Waals surface area (Å²) in [6.07, 6.45) is -0.200. The second-order valence-corrected chi connectivity index (χ2v) is 10.0. The third kappa shape index (κ3) is 2.35. The smallest absolute Gasteiger partial charge is 0.0805 e. The van der Waals surface area contributed by atoms with Gasteiger partial charge in [-0.3, -0.25) is 0 Å². The third-order valence-corrected chi connectivity index (χ3v) is 10.1. The number of aliphatic hydroxyl groups is 1. The molecule has 2 N–H and O–H groups in total. The van der Waals surface area contributed by atoms with Crippen molar-refractivity contribution in [1.29, 1.82) is 0 Å². The van der Waals surface area contributed by atoms with Crippen LogP contribution in [0.15, 0.2) is 11.8 Å². The molecule has 0 spiro atoms. The molecule has 1 aliphatic rings. The number of aliphatic hydroxyl groups excluding tert-OH is 1. The molecule has 1 heterocycles. The van der Waals surface area contributed by atoms with Gasteiger partial charge in [0.15, 0.2) is 0 Å². The molecule has 0 radical (unpaired) electrons. The highest BCUT2D eigenvalue weighted by Gasteiger charge is 2.38. The molecular formula is C12H25NOSi. The lowest BCUT2D eigenvalue weighted by molar-refractivity contribution is 0.165. The summed E-state index contributed by atoms with van der Waals surface area (Å²) in [5.41, 5.74) is 0. The molecule has 0 amide bonds. The van der Waals surface area contributed by atoms with E-state index < -0.39 is 8.07 Å². The van der Waals surface area contributed by atoms with E-state index in [1.807, 2.05) is 0 Å². The predicted octanol–water partition coefficient (Wildman–Crippen LogP) is 2.17. The maximum atomic E-state index is 9.91. The van der Waals surface area contributed by atoms with Crippen molar-refractivity contribution in [2.75, 3.05) is 13.1 Å². The summed E-state index contributed by atoms with van der Waals surface area (Å²) >= 11 is 0. The number of β-amino-alcohol motifs (C(OH)–C–C–N with tert-alkyl or cyclic N) is 1. The summed E-state index contributed by atoms with van der Waals surface area (Å²) in [6, 6.07) is 3.80. The minimum Gasteiger partial charge on any atom is -0.391 e. The lowest BCUT2D eigenvalue weighted by atomic mass is 10.1. The molecule has 88 valence electrons. The molecule has 0 unspecified atom stereocenters. The lowest BCUT2D eigenvalue weighted by Crippen LogP contribution is -2.40. The Morgan fingerprint density at radius 2 is 1.80 bits per heavy atom. The van der Waals surface area contributed by atoms with Crippen molar-refractivity contribution < 1.29 is 5.11 Å². The Balaban J connectivity index is 2.80. The topological polar surface area (TPSA) is 32.3 Å². The number of nitrogens with one attached hydrogen (secondary N) is 1. The first-order chi connectivity index (χ1) is 7.11. The van der Waals surface area contributed by atoms with Crippen LogP contribution in [-0.4, -0.2) is 32.4 Å². The second kappa shape index (κ2) is 5.28. The molecule has 3 heteroatoms. The normalized spacial score (nSPS) is 26.9. The zero-order chi connectivity index (χ0) is 11.5. The lowest BCUT2D eigenvalue weighted by Gasteiger charge is -2.35. The van der Waals surface area contributed by atoms with Gasteiger partial charge in [-0.05, 0) is 0 Å². The first-order valence-electron chi connectivity index (χ1n) is 6.19. The molecule has 1 fully saturated rings. The number of hydrogen-bond donors (Lipinski definition) is 2. The molecule has 0 bridgehead atoms. The highest BCUT2D eigenvalue weighted by molar-refractivity contribution is 6.86. The average Bonchev–Trinajstić information content (AvgIpc) is 2.67. The highest BCUT2D eigenvalue weighted by atomic mass is 28.3. The predicted molar refractivity (Wildman–Crippen MR) is 68.7 cm³/mol. The minimum atomic E-state index is -1.32. The minimum absolute atomic E-state index is 0.200. The second-order valence-electron chi connectivity index (χ2n) is 4.70. The van der Waals surface area contributed by atoms with Crippen LogP contribution in [0, 0.1) is 5.92 Å². The van der Waals surface area contributed by atoms with Crippen LogP contribution < -0.4 is 5.32 Å². The van der Waals surface area contributed by atoms with Crippen LogP contribution in [0.4, 0.5) is 0 Å². The van der Waals surface area contributed by atoms with Crippen LogP contribution in [0.2, 0.25) is 18.1 Å². The molecule has 0 aromatic rings. The molecule has 2 atom stereocenters. The SMILES string of the molecule is C=C([C@@H]1CNC[C@@H]1O)[Si](CC)(CC)CC. The highest BCUT2D eigenvalue weighted by Crippen LogP contribution is 2.34. The maximum absolute atomic E-state index is 9.91. The van der Waals surface area contributed by atoms with E-state index in [9.17, 15) is 5.11 Å². The number of rotatable bonds is 5. The Hall–Kier alpha value is -0.123. The summed E-state index contributed by atoms with van der Waals surface area (Å²) in [6.45, 7) is 12.9. The van der Waals surface area contributed by atoms with Crippen LogP contribution >= 0.6 is 0 Å². The van der Waals surface area contributed by atoms with E-state index in [2.05, 4.69) is 32.7 Å².